The van der Waals surface area contributed by atoms with E-state index in [2.05, 4.69) is 11.1 Å². The molecule has 0 amide bonds. The number of thiazole rings is 1. The minimum atomic E-state index is -0.351. The normalized spacial score (nSPS) is 10.8. The molecule has 0 saturated carbocycles. The standard InChI is InChI=1S/C18H17N3O2S/c1-5-23-18(22)16-11(3)20-17(24-16)12-6-13(8-19)15-14(7-12)10(2)9-21(15)4/h6-7,9H,5H2,1-4H3. The Balaban J connectivity index is 2.17. The average Bonchev–Trinajstić information content (AvgIpc) is 3.07. The first-order valence-corrected chi connectivity index (χ1v) is 8.42. The molecule has 0 radical (unpaired) electrons. The SMILES string of the molecule is CCOC(=O)c1sc(-c2cc(C#N)c3c(c2)c(C)cn3C)nc1C. The molecule has 0 N–H and O–H groups in total. The molecule has 0 spiro atoms. The second-order valence-electron chi connectivity index (χ2n) is 5.61. The Hall–Kier alpha value is -2.65. The van der Waals surface area contributed by atoms with Crippen LogP contribution in [0, 0.1) is 25.2 Å². The van der Waals surface area contributed by atoms with E-state index in [0.717, 1.165) is 27.0 Å². The van der Waals surface area contributed by atoms with Gasteiger partial charge >= 0.3 is 5.97 Å². The molecule has 3 rings (SSSR count). The number of ether oxygens (including phenoxy) is 1. The van der Waals surface area contributed by atoms with Gasteiger partial charge in [0.1, 0.15) is 16.0 Å². The lowest BCUT2D eigenvalue weighted by Crippen LogP contribution is -2.03. The van der Waals surface area contributed by atoms with Gasteiger partial charge in [0.05, 0.1) is 23.4 Å². The van der Waals surface area contributed by atoms with Gasteiger partial charge in [0.25, 0.3) is 0 Å². The van der Waals surface area contributed by atoms with Gasteiger partial charge in [-0.15, -0.1) is 11.3 Å². The molecule has 6 heteroatoms. The molecule has 0 bridgehead atoms. The molecular formula is C18H17N3O2S. The number of fused-ring (bicyclic) bond motifs is 1. The summed E-state index contributed by atoms with van der Waals surface area (Å²) in [6.07, 6.45) is 2.01. The highest BCUT2D eigenvalue weighted by molar-refractivity contribution is 7.17. The van der Waals surface area contributed by atoms with Crippen LogP contribution in [0.15, 0.2) is 18.3 Å². The van der Waals surface area contributed by atoms with Crippen molar-refractivity contribution in [3.8, 4) is 16.6 Å². The second kappa shape index (κ2) is 6.10. The highest BCUT2D eigenvalue weighted by Gasteiger charge is 2.19. The molecule has 2 heterocycles. The van der Waals surface area contributed by atoms with Crippen molar-refractivity contribution >= 4 is 28.2 Å². The molecule has 0 atom stereocenters. The summed E-state index contributed by atoms with van der Waals surface area (Å²) in [5.74, 6) is -0.351. The van der Waals surface area contributed by atoms with Gasteiger partial charge in [-0.1, -0.05) is 0 Å². The molecule has 24 heavy (non-hydrogen) atoms. The fraction of sp³-hybridized carbons (Fsp3) is 0.278. The summed E-state index contributed by atoms with van der Waals surface area (Å²) < 4.78 is 7.03. The van der Waals surface area contributed by atoms with Gasteiger partial charge in [0.15, 0.2) is 0 Å². The number of rotatable bonds is 3. The summed E-state index contributed by atoms with van der Waals surface area (Å²) in [5, 5.41) is 11.2. The first-order chi connectivity index (χ1) is 11.5. The zero-order valence-corrected chi connectivity index (χ0v) is 14.8. The number of nitrogens with zero attached hydrogens (tertiary/aromatic N) is 3. The van der Waals surface area contributed by atoms with Crippen molar-refractivity contribution < 1.29 is 9.53 Å². The van der Waals surface area contributed by atoms with Crippen molar-refractivity contribution in [2.45, 2.75) is 20.8 Å². The number of carbonyl (C=O) groups excluding carboxylic acids is 1. The maximum Gasteiger partial charge on any atom is 0.350 e. The van der Waals surface area contributed by atoms with Crippen LogP contribution < -0.4 is 0 Å². The Labute approximate surface area is 144 Å². The molecule has 122 valence electrons. The molecular weight excluding hydrogens is 322 g/mol. The van der Waals surface area contributed by atoms with Crippen LogP contribution in [0.3, 0.4) is 0 Å². The zero-order chi connectivity index (χ0) is 17.4. The van der Waals surface area contributed by atoms with Crippen LogP contribution in [0.4, 0.5) is 0 Å². The van der Waals surface area contributed by atoms with Gasteiger partial charge in [0, 0.05) is 24.2 Å². The quantitative estimate of drug-likeness (QED) is 0.677. The molecule has 2 aromatic heterocycles. The predicted octanol–water partition coefficient (Wildman–Crippen LogP) is 3.97. The number of aromatic nitrogens is 2. The summed E-state index contributed by atoms with van der Waals surface area (Å²) in [6.45, 7) is 5.92. The van der Waals surface area contributed by atoms with Crippen LogP contribution in [0.2, 0.25) is 0 Å². The van der Waals surface area contributed by atoms with E-state index >= 15 is 0 Å². The van der Waals surface area contributed by atoms with Crippen LogP contribution in [0.1, 0.15) is 33.4 Å². The summed E-state index contributed by atoms with van der Waals surface area (Å²) in [4.78, 5) is 17.0. The molecule has 1 aromatic carbocycles. The summed E-state index contributed by atoms with van der Waals surface area (Å²) in [5.41, 5.74) is 4.11. The fourth-order valence-electron chi connectivity index (χ4n) is 2.85. The topological polar surface area (TPSA) is 67.9 Å². The van der Waals surface area contributed by atoms with Crippen LogP contribution in [-0.2, 0) is 11.8 Å². The van der Waals surface area contributed by atoms with Crippen molar-refractivity contribution in [3.63, 3.8) is 0 Å². The highest BCUT2D eigenvalue weighted by Crippen LogP contribution is 2.33. The maximum absolute atomic E-state index is 12.0. The van der Waals surface area contributed by atoms with Gasteiger partial charge < -0.3 is 9.30 Å². The largest absolute Gasteiger partial charge is 0.462 e. The molecule has 0 saturated heterocycles. The molecule has 0 aliphatic heterocycles. The number of esters is 1. The minimum absolute atomic E-state index is 0.333. The lowest BCUT2D eigenvalue weighted by atomic mass is 10.1. The van der Waals surface area contributed by atoms with Gasteiger partial charge in [0.2, 0.25) is 0 Å². The Morgan fingerprint density at radius 1 is 1.42 bits per heavy atom. The van der Waals surface area contributed by atoms with Gasteiger partial charge in [-0.25, -0.2) is 9.78 Å². The summed E-state index contributed by atoms with van der Waals surface area (Å²) in [6, 6.07) is 6.12. The first kappa shape index (κ1) is 16.2. The third-order valence-electron chi connectivity index (χ3n) is 3.90. The Kier molecular flexibility index (Phi) is 4.12. The number of aryl methyl sites for hydroxylation is 3. The molecule has 0 aliphatic carbocycles. The Bertz CT molecular complexity index is 992. The highest BCUT2D eigenvalue weighted by atomic mass is 32.1. The third-order valence-corrected chi connectivity index (χ3v) is 5.09. The van der Waals surface area contributed by atoms with Crippen molar-refractivity contribution in [3.05, 3.63) is 40.0 Å². The molecule has 0 aliphatic rings. The fourth-order valence-corrected chi connectivity index (χ4v) is 3.80. The summed E-state index contributed by atoms with van der Waals surface area (Å²) in [7, 11) is 1.93. The van der Waals surface area contributed by atoms with E-state index in [1.54, 1.807) is 13.8 Å². The smallest absolute Gasteiger partial charge is 0.350 e. The van der Waals surface area contributed by atoms with Crippen LogP contribution in [0.25, 0.3) is 21.5 Å². The van der Waals surface area contributed by atoms with Crippen LogP contribution in [0.5, 0.6) is 0 Å². The number of nitriles is 1. The van der Waals surface area contributed by atoms with Gasteiger partial charge in [-0.3, -0.25) is 0 Å². The van der Waals surface area contributed by atoms with Crippen LogP contribution in [-0.4, -0.2) is 22.1 Å². The van der Waals surface area contributed by atoms with Gasteiger partial charge in [-0.2, -0.15) is 5.26 Å². The summed E-state index contributed by atoms with van der Waals surface area (Å²) >= 11 is 1.30. The molecule has 0 fully saturated rings. The lowest BCUT2D eigenvalue weighted by molar-refractivity contribution is 0.0531. The molecule has 3 aromatic rings. The van der Waals surface area contributed by atoms with Crippen molar-refractivity contribution in [1.29, 1.82) is 5.26 Å². The number of hydrogen-bond acceptors (Lipinski definition) is 5. The van der Waals surface area contributed by atoms with Gasteiger partial charge in [-0.05, 0) is 38.5 Å². The average molecular weight is 339 g/mol. The Morgan fingerprint density at radius 2 is 2.17 bits per heavy atom. The molecule has 0 unspecified atom stereocenters. The first-order valence-electron chi connectivity index (χ1n) is 7.61. The minimum Gasteiger partial charge on any atom is -0.462 e. The van der Waals surface area contributed by atoms with E-state index in [1.807, 2.05) is 36.9 Å². The third kappa shape index (κ3) is 2.57. The van der Waals surface area contributed by atoms with Crippen molar-refractivity contribution in [1.82, 2.24) is 9.55 Å². The monoisotopic (exact) mass is 339 g/mol. The van der Waals surface area contributed by atoms with E-state index in [4.69, 9.17) is 4.74 Å². The predicted molar refractivity (Wildman–Crippen MR) is 94.2 cm³/mol. The number of hydrogen-bond donors (Lipinski definition) is 0. The van der Waals surface area contributed by atoms with E-state index in [-0.39, 0.29) is 5.97 Å². The number of benzene rings is 1. The van der Waals surface area contributed by atoms with E-state index in [0.29, 0.717) is 22.7 Å². The van der Waals surface area contributed by atoms with E-state index in [9.17, 15) is 10.1 Å². The van der Waals surface area contributed by atoms with Crippen molar-refractivity contribution in [2.24, 2.45) is 7.05 Å². The van der Waals surface area contributed by atoms with Crippen molar-refractivity contribution in [2.75, 3.05) is 6.61 Å². The zero-order valence-electron chi connectivity index (χ0n) is 14.0. The van der Waals surface area contributed by atoms with E-state index < -0.39 is 0 Å². The Morgan fingerprint density at radius 3 is 2.83 bits per heavy atom. The van der Waals surface area contributed by atoms with Crippen LogP contribution >= 0.6 is 11.3 Å². The second-order valence-corrected chi connectivity index (χ2v) is 6.61. The molecule has 5 nitrogen and oxygen atoms in total. The lowest BCUT2D eigenvalue weighted by Gasteiger charge is -2.03. The number of carbonyl (C=O) groups is 1. The maximum atomic E-state index is 12.0. The van der Waals surface area contributed by atoms with E-state index in [1.165, 1.54) is 11.3 Å².